The maximum atomic E-state index is 4.70. The molecule has 1 heterocycles. The van der Waals surface area contributed by atoms with Crippen molar-refractivity contribution in [2.75, 3.05) is 0 Å². The zero-order valence-corrected chi connectivity index (χ0v) is 12.5. The van der Waals surface area contributed by atoms with E-state index in [0.717, 1.165) is 22.6 Å². The molecule has 2 saturated carbocycles. The van der Waals surface area contributed by atoms with E-state index in [1.807, 2.05) is 22.1 Å². The number of aromatic nitrogens is 1. The molecule has 2 fully saturated rings. The number of para-hydroxylation sites is 1. The van der Waals surface area contributed by atoms with Crippen LogP contribution in [0.4, 0.5) is 0 Å². The van der Waals surface area contributed by atoms with E-state index in [2.05, 4.69) is 35.1 Å². The van der Waals surface area contributed by atoms with Gasteiger partial charge in [-0.2, -0.15) is 0 Å². The van der Waals surface area contributed by atoms with E-state index < -0.39 is 0 Å². The van der Waals surface area contributed by atoms with Gasteiger partial charge in [-0.3, -0.25) is 0 Å². The average molecular weight is 293 g/mol. The van der Waals surface area contributed by atoms with Gasteiger partial charge in [-0.05, 0) is 54.0 Å². The number of hydrogen-bond donors (Lipinski definition) is 0. The van der Waals surface area contributed by atoms with Crippen molar-refractivity contribution in [3.8, 4) is 0 Å². The summed E-state index contributed by atoms with van der Waals surface area (Å²) in [6, 6.07) is 8.44. The molecule has 2 aliphatic carbocycles. The van der Waals surface area contributed by atoms with E-state index in [-0.39, 0.29) is 0 Å². The molecule has 4 rings (SSSR count). The Morgan fingerprint density at radius 2 is 2.11 bits per heavy atom. The monoisotopic (exact) mass is 293 g/mol. The smallest absolute Gasteiger partial charge is 0.161 e. The molecule has 0 aliphatic heterocycles. The standard InChI is InChI=1S/C14H15NS3/c1-2-4-12-11(3-1)15-14(16-12)18-17-13-8-9-5-6-10(13)7-9/h1-4,9-10,13H,5-8H2. The van der Waals surface area contributed by atoms with Gasteiger partial charge < -0.3 is 0 Å². The van der Waals surface area contributed by atoms with Crippen molar-refractivity contribution in [2.45, 2.75) is 35.3 Å². The van der Waals surface area contributed by atoms with Crippen molar-refractivity contribution in [3.63, 3.8) is 0 Å². The fourth-order valence-electron chi connectivity index (χ4n) is 3.29. The average Bonchev–Trinajstić information content (AvgIpc) is 3.10. The highest BCUT2D eigenvalue weighted by Gasteiger charge is 2.39. The van der Waals surface area contributed by atoms with Crippen LogP contribution in [0.3, 0.4) is 0 Å². The lowest BCUT2D eigenvalue weighted by Gasteiger charge is -2.19. The molecule has 18 heavy (non-hydrogen) atoms. The van der Waals surface area contributed by atoms with E-state index in [4.69, 9.17) is 4.98 Å². The normalized spacial score (nSPS) is 30.3. The van der Waals surface area contributed by atoms with E-state index in [1.165, 1.54) is 34.7 Å². The van der Waals surface area contributed by atoms with Crippen molar-refractivity contribution in [3.05, 3.63) is 24.3 Å². The predicted molar refractivity (Wildman–Crippen MR) is 82.3 cm³/mol. The van der Waals surface area contributed by atoms with Crippen LogP contribution in [0.15, 0.2) is 28.6 Å². The number of benzene rings is 1. The summed E-state index contributed by atoms with van der Waals surface area (Å²) in [6.07, 6.45) is 5.92. The van der Waals surface area contributed by atoms with Crippen molar-refractivity contribution < 1.29 is 0 Å². The summed E-state index contributed by atoms with van der Waals surface area (Å²) in [5, 5.41) is 0.890. The Hall–Kier alpha value is -0.190. The highest BCUT2D eigenvalue weighted by molar-refractivity contribution is 8.77. The van der Waals surface area contributed by atoms with Crippen molar-refractivity contribution in [1.82, 2.24) is 4.98 Å². The van der Waals surface area contributed by atoms with Gasteiger partial charge in [0, 0.05) is 5.25 Å². The van der Waals surface area contributed by atoms with Crippen LogP contribution >= 0.6 is 32.9 Å². The Bertz CT molecular complexity index is 532. The van der Waals surface area contributed by atoms with E-state index >= 15 is 0 Å². The lowest BCUT2D eigenvalue weighted by molar-refractivity contribution is 0.493. The first-order valence-corrected chi connectivity index (χ1v) is 9.60. The molecular formula is C14H15NS3. The molecule has 2 aliphatic rings. The minimum atomic E-state index is 0.890. The van der Waals surface area contributed by atoms with Gasteiger partial charge in [0.05, 0.1) is 10.2 Å². The third-order valence-corrected chi connectivity index (χ3v) is 8.50. The van der Waals surface area contributed by atoms with Gasteiger partial charge in [0.25, 0.3) is 0 Å². The molecule has 2 aromatic rings. The molecule has 0 saturated heterocycles. The van der Waals surface area contributed by atoms with Crippen molar-refractivity contribution in [1.29, 1.82) is 0 Å². The zero-order chi connectivity index (χ0) is 11.9. The Morgan fingerprint density at radius 1 is 1.17 bits per heavy atom. The predicted octanol–water partition coefficient (Wildman–Crippen LogP) is 5.23. The minimum Gasteiger partial charge on any atom is -0.229 e. The minimum absolute atomic E-state index is 0.890. The number of nitrogens with zero attached hydrogens (tertiary/aromatic N) is 1. The molecule has 0 amide bonds. The van der Waals surface area contributed by atoms with Crippen LogP contribution in [0.5, 0.6) is 0 Å². The lowest BCUT2D eigenvalue weighted by Crippen LogP contribution is -2.10. The van der Waals surface area contributed by atoms with Gasteiger partial charge in [-0.25, -0.2) is 4.98 Å². The zero-order valence-electron chi connectivity index (χ0n) is 10.0. The van der Waals surface area contributed by atoms with E-state index in [9.17, 15) is 0 Å². The van der Waals surface area contributed by atoms with Crippen LogP contribution in [0, 0.1) is 11.8 Å². The van der Waals surface area contributed by atoms with Crippen LogP contribution in [0.25, 0.3) is 10.2 Å². The fourth-order valence-corrected chi connectivity index (χ4v) is 7.59. The molecule has 0 spiro atoms. The number of fused-ring (bicyclic) bond motifs is 3. The SMILES string of the molecule is c1ccc2sc(SSC3CC4CCC3C4)nc2c1. The molecule has 1 aromatic carbocycles. The summed E-state index contributed by atoms with van der Waals surface area (Å²) in [6.45, 7) is 0. The third-order valence-electron chi connectivity index (χ3n) is 4.19. The van der Waals surface area contributed by atoms with Gasteiger partial charge in [0.15, 0.2) is 4.34 Å². The maximum Gasteiger partial charge on any atom is 0.161 e. The topological polar surface area (TPSA) is 12.9 Å². The second kappa shape index (κ2) is 4.73. The van der Waals surface area contributed by atoms with E-state index in [0.29, 0.717) is 0 Å². The highest BCUT2D eigenvalue weighted by atomic mass is 33.1. The first kappa shape index (κ1) is 11.6. The molecule has 0 N–H and O–H groups in total. The van der Waals surface area contributed by atoms with E-state index in [1.54, 1.807) is 0 Å². The third kappa shape index (κ3) is 2.08. The second-order valence-corrected chi connectivity index (χ2v) is 9.06. The molecule has 4 heteroatoms. The molecule has 3 atom stereocenters. The molecule has 1 aromatic heterocycles. The summed E-state index contributed by atoms with van der Waals surface area (Å²) in [5.74, 6) is 2.05. The van der Waals surface area contributed by atoms with Crippen LogP contribution < -0.4 is 0 Å². The summed E-state index contributed by atoms with van der Waals surface area (Å²) in [4.78, 5) is 4.70. The first-order valence-electron chi connectivity index (χ1n) is 6.57. The van der Waals surface area contributed by atoms with Gasteiger partial charge in [0.1, 0.15) is 0 Å². The molecular weight excluding hydrogens is 278 g/mol. The summed E-state index contributed by atoms with van der Waals surface area (Å²) >= 11 is 1.83. The van der Waals surface area contributed by atoms with Crippen molar-refractivity contribution in [2.24, 2.45) is 11.8 Å². The summed E-state index contributed by atoms with van der Waals surface area (Å²) in [7, 11) is 3.99. The highest BCUT2D eigenvalue weighted by Crippen LogP contribution is 2.53. The first-order chi connectivity index (χ1) is 8.88. The number of hydrogen-bond acceptors (Lipinski definition) is 4. The molecule has 2 bridgehead atoms. The van der Waals surface area contributed by atoms with Gasteiger partial charge in [0.2, 0.25) is 0 Å². The van der Waals surface area contributed by atoms with Gasteiger partial charge in [-0.15, -0.1) is 11.3 Å². The Morgan fingerprint density at radius 3 is 2.89 bits per heavy atom. The van der Waals surface area contributed by atoms with Crippen LogP contribution in [-0.4, -0.2) is 10.2 Å². The summed E-state index contributed by atoms with van der Waals surface area (Å²) < 4.78 is 2.54. The van der Waals surface area contributed by atoms with Gasteiger partial charge >= 0.3 is 0 Å². The van der Waals surface area contributed by atoms with Gasteiger partial charge in [-0.1, -0.05) is 29.3 Å². The number of thiazole rings is 1. The fraction of sp³-hybridized carbons (Fsp3) is 0.500. The Balaban J connectivity index is 1.45. The molecule has 94 valence electrons. The van der Waals surface area contributed by atoms with Crippen LogP contribution in [0.1, 0.15) is 25.7 Å². The molecule has 1 nitrogen and oxygen atoms in total. The lowest BCUT2D eigenvalue weighted by atomic mass is 10.0. The van der Waals surface area contributed by atoms with Crippen molar-refractivity contribution >= 4 is 43.1 Å². The largest absolute Gasteiger partial charge is 0.229 e. The quantitative estimate of drug-likeness (QED) is 0.720. The summed E-state index contributed by atoms with van der Waals surface area (Å²) in [5.41, 5.74) is 1.15. The second-order valence-electron chi connectivity index (χ2n) is 5.34. The molecule has 0 radical (unpaired) electrons. The Kier molecular flexibility index (Phi) is 3.05. The maximum absolute atomic E-state index is 4.70. The Labute approximate surface area is 119 Å². The molecule has 3 unspecified atom stereocenters. The number of rotatable bonds is 3. The van der Waals surface area contributed by atoms with Crippen LogP contribution in [0.2, 0.25) is 0 Å². The van der Waals surface area contributed by atoms with Crippen LogP contribution in [-0.2, 0) is 0 Å².